The summed E-state index contributed by atoms with van der Waals surface area (Å²) in [7, 11) is 0. The van der Waals surface area contributed by atoms with E-state index in [4.69, 9.17) is 0 Å². The molecule has 0 unspecified atom stereocenters. The number of carbonyl (C=O) groups excluding carboxylic acids is 1. The molecule has 0 bridgehead atoms. The Bertz CT molecular complexity index is 856. The van der Waals surface area contributed by atoms with Crippen LogP contribution >= 0.6 is 12.6 Å². The van der Waals surface area contributed by atoms with Crippen LogP contribution in [0.2, 0.25) is 0 Å². The number of carbonyl (C=O) groups is 1. The number of non-ortho nitro benzene ring substituents is 1. The fourth-order valence-corrected chi connectivity index (χ4v) is 2.25. The molecule has 6 nitrogen and oxygen atoms in total. The first-order valence-corrected chi connectivity index (χ1v) is 6.48. The van der Waals surface area contributed by atoms with Gasteiger partial charge in [0.05, 0.1) is 10.4 Å². The Morgan fingerprint density at radius 2 is 1.90 bits per heavy atom. The number of nitro benzene ring substituents is 1. The van der Waals surface area contributed by atoms with Gasteiger partial charge in [-0.1, -0.05) is 6.07 Å². The van der Waals surface area contributed by atoms with Crippen molar-refractivity contribution in [2.75, 3.05) is 0 Å². The normalized spacial score (nSPS) is 10.7. The number of fused-ring (bicyclic) bond motifs is 1. The summed E-state index contributed by atoms with van der Waals surface area (Å²) in [5, 5.41) is 10.6. The summed E-state index contributed by atoms with van der Waals surface area (Å²) < 4.78 is 0. The molecule has 2 aromatic carbocycles. The van der Waals surface area contributed by atoms with Crippen LogP contribution < -0.4 is 0 Å². The average molecular weight is 299 g/mol. The fraction of sp³-hybridized carbons (Fsp3) is 0. The lowest BCUT2D eigenvalue weighted by Crippen LogP contribution is -2.03. The molecule has 0 aliphatic carbocycles. The second-order valence-corrected chi connectivity index (χ2v) is 4.87. The van der Waals surface area contributed by atoms with Crippen molar-refractivity contribution < 1.29 is 9.72 Å². The Morgan fingerprint density at radius 1 is 1.19 bits per heavy atom. The second kappa shape index (κ2) is 5.02. The van der Waals surface area contributed by atoms with E-state index < -0.39 is 4.92 Å². The summed E-state index contributed by atoms with van der Waals surface area (Å²) in [5.41, 5.74) is 1.60. The molecule has 0 amide bonds. The van der Waals surface area contributed by atoms with Gasteiger partial charge in [0, 0.05) is 22.6 Å². The second-order valence-electron chi connectivity index (χ2n) is 4.39. The highest BCUT2D eigenvalue weighted by Crippen LogP contribution is 2.21. The maximum atomic E-state index is 12.3. The first-order valence-electron chi connectivity index (χ1n) is 6.03. The molecule has 7 heteroatoms. The number of para-hydroxylation sites is 1. The topological polar surface area (TPSA) is 88.9 Å². The third kappa shape index (κ3) is 2.38. The molecular formula is C14H9N3O3S. The molecule has 0 fully saturated rings. The number of ketones is 1. The van der Waals surface area contributed by atoms with Crippen molar-refractivity contribution >= 4 is 35.1 Å². The van der Waals surface area contributed by atoms with Crippen LogP contribution in [0.1, 0.15) is 16.2 Å². The van der Waals surface area contributed by atoms with E-state index in [9.17, 15) is 14.9 Å². The van der Waals surface area contributed by atoms with Crippen LogP contribution in [-0.2, 0) is 0 Å². The van der Waals surface area contributed by atoms with Gasteiger partial charge in [0.25, 0.3) is 5.69 Å². The lowest BCUT2D eigenvalue weighted by Gasteiger charge is -1.97. The Hall–Kier alpha value is -2.67. The molecule has 0 aliphatic heterocycles. The summed E-state index contributed by atoms with van der Waals surface area (Å²) >= 11 is 4.29. The van der Waals surface area contributed by atoms with E-state index in [-0.39, 0.29) is 17.3 Å². The van der Waals surface area contributed by atoms with Crippen LogP contribution in [0.3, 0.4) is 0 Å². The molecule has 0 saturated carbocycles. The predicted molar refractivity (Wildman–Crippen MR) is 79.9 cm³/mol. The molecule has 1 N–H and O–H groups in total. The van der Waals surface area contributed by atoms with Crippen LogP contribution in [0.15, 0.2) is 47.4 Å². The molecule has 0 atom stereocenters. The van der Waals surface area contributed by atoms with Gasteiger partial charge in [-0.2, -0.15) is 0 Å². The average Bonchev–Trinajstić information content (AvgIpc) is 2.92. The van der Waals surface area contributed by atoms with Gasteiger partial charge in [-0.05, 0) is 24.3 Å². The van der Waals surface area contributed by atoms with Gasteiger partial charge in [0.1, 0.15) is 5.52 Å². The van der Waals surface area contributed by atoms with Crippen LogP contribution in [0, 0.1) is 10.1 Å². The van der Waals surface area contributed by atoms with Gasteiger partial charge >= 0.3 is 0 Å². The molecule has 21 heavy (non-hydrogen) atoms. The first-order chi connectivity index (χ1) is 10.1. The van der Waals surface area contributed by atoms with Gasteiger partial charge in [0.15, 0.2) is 5.82 Å². The summed E-state index contributed by atoms with van der Waals surface area (Å²) in [6, 6.07) is 10.8. The van der Waals surface area contributed by atoms with E-state index in [1.807, 2.05) is 6.07 Å². The maximum absolute atomic E-state index is 12.3. The molecule has 0 spiro atoms. The Balaban J connectivity index is 2.00. The van der Waals surface area contributed by atoms with Crippen molar-refractivity contribution in [1.82, 2.24) is 9.97 Å². The summed E-state index contributed by atoms with van der Waals surface area (Å²) in [6.45, 7) is 0. The SMILES string of the molecule is O=C(c1ccc([N+](=O)[O-])cc1)c1nc2c(S)cccc2[nH]1. The summed E-state index contributed by atoms with van der Waals surface area (Å²) in [5.74, 6) is -0.144. The number of H-pyrrole nitrogens is 1. The van der Waals surface area contributed by atoms with Crippen molar-refractivity contribution in [3.05, 3.63) is 64.0 Å². The number of nitro groups is 1. The Morgan fingerprint density at radius 3 is 2.52 bits per heavy atom. The zero-order chi connectivity index (χ0) is 15.0. The highest BCUT2D eigenvalue weighted by atomic mass is 32.1. The van der Waals surface area contributed by atoms with E-state index in [2.05, 4.69) is 22.6 Å². The van der Waals surface area contributed by atoms with Crippen LogP contribution in [-0.4, -0.2) is 20.7 Å². The number of benzene rings is 2. The third-order valence-corrected chi connectivity index (χ3v) is 3.41. The molecule has 0 saturated heterocycles. The Labute approximate surface area is 124 Å². The monoisotopic (exact) mass is 299 g/mol. The minimum atomic E-state index is -0.511. The zero-order valence-electron chi connectivity index (χ0n) is 10.6. The highest BCUT2D eigenvalue weighted by Gasteiger charge is 2.16. The van der Waals surface area contributed by atoms with Gasteiger partial charge in [0.2, 0.25) is 5.78 Å². The number of thiol groups is 1. The minimum absolute atomic E-state index is 0.0613. The first kappa shape index (κ1) is 13.3. The van der Waals surface area contributed by atoms with Gasteiger partial charge in [-0.3, -0.25) is 14.9 Å². The molecule has 3 rings (SSSR count). The molecule has 0 radical (unpaired) electrons. The van der Waals surface area contributed by atoms with Crippen molar-refractivity contribution in [1.29, 1.82) is 0 Å². The van der Waals surface area contributed by atoms with Crippen molar-refractivity contribution in [2.45, 2.75) is 4.90 Å². The number of imidazole rings is 1. The number of rotatable bonds is 3. The largest absolute Gasteiger partial charge is 0.335 e. The number of aromatic amines is 1. The molecule has 1 aromatic heterocycles. The van der Waals surface area contributed by atoms with E-state index in [1.165, 1.54) is 24.3 Å². The molecule has 0 aliphatic rings. The van der Waals surface area contributed by atoms with Crippen LogP contribution in [0.25, 0.3) is 11.0 Å². The van der Waals surface area contributed by atoms with Crippen molar-refractivity contribution in [2.24, 2.45) is 0 Å². The van der Waals surface area contributed by atoms with E-state index in [0.29, 0.717) is 21.5 Å². The van der Waals surface area contributed by atoms with Gasteiger partial charge in [-0.25, -0.2) is 4.98 Å². The third-order valence-electron chi connectivity index (χ3n) is 3.05. The van der Waals surface area contributed by atoms with E-state index in [0.717, 1.165) is 0 Å². The van der Waals surface area contributed by atoms with Crippen molar-refractivity contribution in [3.63, 3.8) is 0 Å². The number of aromatic nitrogens is 2. The van der Waals surface area contributed by atoms with E-state index >= 15 is 0 Å². The summed E-state index contributed by atoms with van der Waals surface area (Å²) in [6.07, 6.45) is 0. The fourth-order valence-electron chi connectivity index (χ4n) is 2.00. The number of hydrogen-bond donors (Lipinski definition) is 2. The molecule has 1 heterocycles. The number of hydrogen-bond acceptors (Lipinski definition) is 5. The molecule has 3 aromatic rings. The van der Waals surface area contributed by atoms with Crippen LogP contribution in [0.5, 0.6) is 0 Å². The standard InChI is InChI=1S/C14H9N3O3S/c18-13(8-4-6-9(7-5-8)17(19)20)14-15-10-2-1-3-11(21)12(10)16-14/h1-7,21H,(H,15,16). The lowest BCUT2D eigenvalue weighted by atomic mass is 10.1. The van der Waals surface area contributed by atoms with Crippen molar-refractivity contribution in [3.8, 4) is 0 Å². The maximum Gasteiger partial charge on any atom is 0.269 e. The minimum Gasteiger partial charge on any atom is -0.335 e. The molecule has 104 valence electrons. The zero-order valence-corrected chi connectivity index (χ0v) is 11.5. The van der Waals surface area contributed by atoms with Gasteiger partial charge in [-0.15, -0.1) is 12.6 Å². The smallest absolute Gasteiger partial charge is 0.269 e. The Kier molecular flexibility index (Phi) is 3.19. The summed E-state index contributed by atoms with van der Waals surface area (Å²) in [4.78, 5) is 30.2. The van der Waals surface area contributed by atoms with E-state index in [1.54, 1.807) is 12.1 Å². The predicted octanol–water partition coefficient (Wildman–Crippen LogP) is 2.99. The number of nitrogens with one attached hydrogen (secondary N) is 1. The highest BCUT2D eigenvalue weighted by molar-refractivity contribution is 7.80. The lowest BCUT2D eigenvalue weighted by molar-refractivity contribution is -0.384. The molecular weight excluding hydrogens is 290 g/mol. The number of nitrogens with zero attached hydrogens (tertiary/aromatic N) is 2. The van der Waals surface area contributed by atoms with Gasteiger partial charge < -0.3 is 4.98 Å². The van der Waals surface area contributed by atoms with Crippen LogP contribution in [0.4, 0.5) is 5.69 Å². The quantitative estimate of drug-likeness (QED) is 0.337.